The SMILES string of the molecule is COCCC(C)C(O)c1cccc(Cl)c1F. The zero-order valence-electron chi connectivity index (χ0n) is 9.41. The number of rotatable bonds is 5. The summed E-state index contributed by atoms with van der Waals surface area (Å²) >= 11 is 5.66. The third-order valence-electron chi connectivity index (χ3n) is 2.62. The molecule has 16 heavy (non-hydrogen) atoms. The Morgan fingerprint density at radius 3 is 2.81 bits per heavy atom. The maximum Gasteiger partial charge on any atom is 0.147 e. The minimum Gasteiger partial charge on any atom is -0.388 e. The monoisotopic (exact) mass is 246 g/mol. The van der Waals surface area contributed by atoms with Crippen LogP contribution in [-0.2, 0) is 4.74 Å². The first-order chi connectivity index (χ1) is 7.57. The molecular weight excluding hydrogens is 231 g/mol. The summed E-state index contributed by atoms with van der Waals surface area (Å²) in [6.45, 7) is 2.39. The molecule has 2 unspecified atom stereocenters. The summed E-state index contributed by atoms with van der Waals surface area (Å²) in [5, 5.41) is 10.0. The minimum absolute atomic E-state index is 0.0375. The molecule has 2 atom stereocenters. The average Bonchev–Trinajstić information content (AvgIpc) is 2.28. The zero-order chi connectivity index (χ0) is 12.1. The summed E-state index contributed by atoms with van der Waals surface area (Å²) in [6.07, 6.45) is -0.183. The second-order valence-corrected chi connectivity index (χ2v) is 4.25. The molecule has 0 aliphatic heterocycles. The van der Waals surface area contributed by atoms with Crippen molar-refractivity contribution >= 4 is 11.6 Å². The Kier molecular flexibility index (Phi) is 5.19. The van der Waals surface area contributed by atoms with Crippen LogP contribution < -0.4 is 0 Å². The molecule has 0 radical (unpaired) electrons. The number of hydrogen-bond donors (Lipinski definition) is 1. The van der Waals surface area contributed by atoms with Gasteiger partial charge >= 0.3 is 0 Å². The molecule has 0 fully saturated rings. The second-order valence-electron chi connectivity index (χ2n) is 3.85. The first kappa shape index (κ1) is 13.4. The highest BCUT2D eigenvalue weighted by Crippen LogP contribution is 2.29. The van der Waals surface area contributed by atoms with Crippen LogP contribution in [0.5, 0.6) is 0 Å². The van der Waals surface area contributed by atoms with Crippen LogP contribution >= 0.6 is 11.6 Å². The number of halogens is 2. The molecule has 1 N–H and O–H groups in total. The number of benzene rings is 1. The Hall–Kier alpha value is -0.640. The zero-order valence-corrected chi connectivity index (χ0v) is 10.2. The maximum absolute atomic E-state index is 13.6. The summed E-state index contributed by atoms with van der Waals surface area (Å²) < 4.78 is 18.5. The predicted octanol–water partition coefficient (Wildman–Crippen LogP) is 3.19. The first-order valence-electron chi connectivity index (χ1n) is 5.18. The van der Waals surface area contributed by atoms with Crippen molar-refractivity contribution in [3.63, 3.8) is 0 Å². The molecule has 0 bridgehead atoms. The van der Waals surface area contributed by atoms with Gasteiger partial charge in [0.2, 0.25) is 0 Å². The van der Waals surface area contributed by atoms with Gasteiger partial charge in [0, 0.05) is 19.3 Å². The fourth-order valence-corrected chi connectivity index (χ4v) is 1.70. The van der Waals surface area contributed by atoms with Gasteiger partial charge in [-0.2, -0.15) is 0 Å². The van der Waals surface area contributed by atoms with Crippen molar-refractivity contribution in [2.24, 2.45) is 5.92 Å². The fraction of sp³-hybridized carbons (Fsp3) is 0.500. The molecular formula is C12H16ClFO2. The van der Waals surface area contributed by atoms with E-state index in [1.165, 1.54) is 6.07 Å². The standard InChI is InChI=1S/C12H16ClFO2/c1-8(6-7-16-2)12(15)9-4-3-5-10(13)11(9)14/h3-5,8,12,15H,6-7H2,1-2H3. The van der Waals surface area contributed by atoms with Crippen molar-refractivity contribution in [1.82, 2.24) is 0 Å². The second kappa shape index (κ2) is 6.18. The molecule has 90 valence electrons. The molecule has 0 saturated heterocycles. The summed E-state index contributed by atoms with van der Waals surface area (Å²) in [4.78, 5) is 0. The third kappa shape index (κ3) is 3.17. The molecule has 0 heterocycles. The lowest BCUT2D eigenvalue weighted by atomic mass is 9.94. The first-order valence-corrected chi connectivity index (χ1v) is 5.56. The smallest absolute Gasteiger partial charge is 0.147 e. The van der Waals surface area contributed by atoms with Crippen LogP contribution in [-0.4, -0.2) is 18.8 Å². The molecule has 0 aliphatic rings. The normalized spacial score (nSPS) is 14.8. The van der Waals surface area contributed by atoms with Crippen molar-refractivity contribution in [1.29, 1.82) is 0 Å². The van der Waals surface area contributed by atoms with Crippen LogP contribution in [0.1, 0.15) is 25.0 Å². The molecule has 0 amide bonds. The van der Waals surface area contributed by atoms with Gasteiger partial charge in [0.05, 0.1) is 11.1 Å². The lowest BCUT2D eigenvalue weighted by molar-refractivity contribution is 0.0859. The van der Waals surface area contributed by atoms with E-state index in [0.717, 1.165) is 0 Å². The van der Waals surface area contributed by atoms with Crippen LogP contribution in [0.25, 0.3) is 0 Å². The third-order valence-corrected chi connectivity index (χ3v) is 2.91. The Balaban J connectivity index is 2.79. The molecule has 0 aliphatic carbocycles. The molecule has 0 saturated carbocycles. The summed E-state index contributed by atoms with van der Waals surface area (Å²) in [6, 6.07) is 4.65. The lowest BCUT2D eigenvalue weighted by Crippen LogP contribution is -2.13. The fourth-order valence-electron chi connectivity index (χ4n) is 1.52. The number of methoxy groups -OCH3 is 1. The highest BCUT2D eigenvalue weighted by Gasteiger charge is 2.20. The topological polar surface area (TPSA) is 29.5 Å². The van der Waals surface area contributed by atoms with E-state index in [1.807, 2.05) is 6.92 Å². The van der Waals surface area contributed by atoms with E-state index in [0.29, 0.717) is 13.0 Å². The van der Waals surface area contributed by atoms with Gasteiger partial charge in [-0.15, -0.1) is 0 Å². The molecule has 4 heteroatoms. The number of aliphatic hydroxyl groups is 1. The Morgan fingerprint density at radius 2 is 2.19 bits per heavy atom. The van der Waals surface area contributed by atoms with Gasteiger partial charge in [0.25, 0.3) is 0 Å². The predicted molar refractivity (Wildman–Crippen MR) is 62.0 cm³/mol. The quantitative estimate of drug-likeness (QED) is 0.865. The number of hydrogen-bond acceptors (Lipinski definition) is 2. The number of ether oxygens (including phenoxy) is 1. The molecule has 1 aromatic rings. The van der Waals surface area contributed by atoms with E-state index in [9.17, 15) is 9.50 Å². The van der Waals surface area contributed by atoms with E-state index < -0.39 is 11.9 Å². The van der Waals surface area contributed by atoms with Crippen molar-refractivity contribution in [3.05, 3.63) is 34.6 Å². The highest BCUT2D eigenvalue weighted by atomic mass is 35.5. The summed E-state index contributed by atoms with van der Waals surface area (Å²) in [7, 11) is 1.60. The van der Waals surface area contributed by atoms with Gasteiger partial charge in [0.1, 0.15) is 5.82 Å². The largest absolute Gasteiger partial charge is 0.388 e. The van der Waals surface area contributed by atoms with Gasteiger partial charge in [-0.25, -0.2) is 4.39 Å². The van der Waals surface area contributed by atoms with Crippen LogP contribution in [0.15, 0.2) is 18.2 Å². The van der Waals surface area contributed by atoms with E-state index in [1.54, 1.807) is 19.2 Å². The Morgan fingerprint density at radius 1 is 1.50 bits per heavy atom. The minimum atomic E-state index is -0.853. The van der Waals surface area contributed by atoms with Gasteiger partial charge < -0.3 is 9.84 Å². The molecule has 0 spiro atoms. The van der Waals surface area contributed by atoms with Gasteiger partial charge in [0.15, 0.2) is 0 Å². The van der Waals surface area contributed by atoms with Crippen LogP contribution in [0.2, 0.25) is 5.02 Å². The Bertz CT molecular complexity index is 344. The van der Waals surface area contributed by atoms with E-state index >= 15 is 0 Å². The summed E-state index contributed by atoms with van der Waals surface area (Å²) in [5.41, 5.74) is 0.246. The summed E-state index contributed by atoms with van der Waals surface area (Å²) in [5.74, 6) is -0.617. The van der Waals surface area contributed by atoms with E-state index in [2.05, 4.69) is 0 Å². The molecule has 0 aromatic heterocycles. The van der Waals surface area contributed by atoms with Crippen molar-refractivity contribution in [2.45, 2.75) is 19.4 Å². The van der Waals surface area contributed by atoms with Crippen molar-refractivity contribution < 1.29 is 14.2 Å². The van der Waals surface area contributed by atoms with Gasteiger partial charge in [-0.3, -0.25) is 0 Å². The number of aliphatic hydroxyl groups excluding tert-OH is 1. The maximum atomic E-state index is 13.6. The molecule has 1 rings (SSSR count). The van der Waals surface area contributed by atoms with E-state index in [4.69, 9.17) is 16.3 Å². The average molecular weight is 247 g/mol. The van der Waals surface area contributed by atoms with Crippen molar-refractivity contribution in [2.75, 3.05) is 13.7 Å². The van der Waals surface area contributed by atoms with Crippen LogP contribution in [0.4, 0.5) is 4.39 Å². The van der Waals surface area contributed by atoms with Crippen LogP contribution in [0, 0.1) is 11.7 Å². The van der Waals surface area contributed by atoms with Crippen molar-refractivity contribution in [3.8, 4) is 0 Å². The Labute approximate surface area is 100.0 Å². The lowest BCUT2D eigenvalue weighted by Gasteiger charge is -2.19. The van der Waals surface area contributed by atoms with Gasteiger partial charge in [-0.05, 0) is 18.4 Å². The highest BCUT2D eigenvalue weighted by molar-refractivity contribution is 6.30. The van der Waals surface area contributed by atoms with Crippen LogP contribution in [0.3, 0.4) is 0 Å². The van der Waals surface area contributed by atoms with Gasteiger partial charge in [-0.1, -0.05) is 30.7 Å². The molecule has 1 aromatic carbocycles. The van der Waals surface area contributed by atoms with E-state index in [-0.39, 0.29) is 16.5 Å². The molecule has 2 nitrogen and oxygen atoms in total.